The van der Waals surface area contributed by atoms with Gasteiger partial charge in [0, 0.05) is 26.1 Å². The van der Waals surface area contributed by atoms with E-state index < -0.39 is 0 Å². The predicted molar refractivity (Wildman–Crippen MR) is 65.0 cm³/mol. The maximum Gasteiger partial charge on any atom is 0.0814 e. The molecule has 1 unspecified atom stereocenters. The number of rotatable bonds is 2. The van der Waals surface area contributed by atoms with E-state index in [4.69, 9.17) is 4.74 Å². The van der Waals surface area contributed by atoms with Gasteiger partial charge >= 0.3 is 0 Å². The minimum Gasteiger partial charge on any atom is -0.377 e. The van der Waals surface area contributed by atoms with E-state index in [9.17, 15) is 0 Å². The summed E-state index contributed by atoms with van der Waals surface area (Å²) in [5, 5.41) is 0. The normalized spacial score (nSPS) is 13.0. The fraction of sp³-hybridized carbons (Fsp3) is 0.333. The maximum absolute atomic E-state index is 5.26. The summed E-state index contributed by atoms with van der Waals surface area (Å²) >= 11 is 10.4. The van der Waals surface area contributed by atoms with Crippen LogP contribution in [0.4, 0.5) is 0 Å². The van der Waals surface area contributed by atoms with Crippen molar-refractivity contribution in [2.75, 3.05) is 7.11 Å². The van der Waals surface area contributed by atoms with Crippen LogP contribution in [-0.2, 0) is 4.74 Å². The summed E-state index contributed by atoms with van der Waals surface area (Å²) in [7, 11) is 1.70. The third-order valence-corrected chi connectivity index (χ3v) is 3.57. The lowest BCUT2D eigenvalue weighted by Crippen LogP contribution is -1.98. The Labute approximate surface area is 103 Å². The lowest BCUT2D eigenvalue weighted by atomic mass is 10.1. The largest absolute Gasteiger partial charge is 0.377 e. The molecule has 0 aliphatic carbocycles. The topological polar surface area (TPSA) is 9.23 Å². The molecule has 0 saturated carbocycles. The molecule has 4 heteroatoms. The van der Waals surface area contributed by atoms with Gasteiger partial charge in [-0.1, -0.05) is 47.8 Å². The van der Waals surface area contributed by atoms with Crippen molar-refractivity contribution in [3.05, 3.63) is 31.1 Å². The van der Waals surface area contributed by atoms with Crippen LogP contribution in [-0.4, -0.2) is 7.11 Å². The molecule has 0 radical (unpaired) electrons. The first-order valence-corrected chi connectivity index (χ1v) is 6.11. The quantitative estimate of drug-likeness (QED) is 0.732. The van der Waals surface area contributed by atoms with Gasteiger partial charge < -0.3 is 4.74 Å². The maximum atomic E-state index is 5.26. The van der Waals surface area contributed by atoms with E-state index in [1.165, 1.54) is 0 Å². The first-order valence-electron chi connectivity index (χ1n) is 3.73. The molecule has 0 amide bonds. The second-order valence-corrected chi connectivity index (χ2v) is 5.29. The lowest BCUT2D eigenvalue weighted by Gasteiger charge is -2.14. The van der Waals surface area contributed by atoms with Gasteiger partial charge in [-0.05, 0) is 19.1 Å². The zero-order valence-corrected chi connectivity index (χ0v) is 12.0. The number of hydrogen-bond acceptors (Lipinski definition) is 1. The zero-order chi connectivity index (χ0) is 10.0. The van der Waals surface area contributed by atoms with Gasteiger partial charge in [0.1, 0.15) is 0 Å². The molecule has 0 spiro atoms. The average Bonchev–Trinajstić information content (AvgIpc) is 2.02. The van der Waals surface area contributed by atoms with Crippen LogP contribution in [0.3, 0.4) is 0 Å². The van der Waals surface area contributed by atoms with Crippen molar-refractivity contribution in [2.45, 2.75) is 13.0 Å². The second-order valence-electron chi connectivity index (χ2n) is 2.66. The number of hydrogen-bond donors (Lipinski definition) is 0. The van der Waals surface area contributed by atoms with Crippen molar-refractivity contribution < 1.29 is 4.74 Å². The Bertz CT molecular complexity index is 289. The lowest BCUT2D eigenvalue weighted by molar-refractivity contribution is 0.118. The molecule has 13 heavy (non-hydrogen) atoms. The van der Waals surface area contributed by atoms with Gasteiger partial charge in [0.25, 0.3) is 0 Å². The van der Waals surface area contributed by atoms with Crippen LogP contribution in [0.5, 0.6) is 0 Å². The Balaban J connectivity index is 3.20. The molecule has 72 valence electrons. The second kappa shape index (κ2) is 4.91. The molecular formula is C9H9Br3O. The average molecular weight is 373 g/mol. The van der Waals surface area contributed by atoms with E-state index in [0.29, 0.717) is 0 Å². The van der Waals surface area contributed by atoms with Crippen molar-refractivity contribution >= 4 is 47.8 Å². The van der Waals surface area contributed by atoms with E-state index in [0.717, 1.165) is 19.0 Å². The minimum absolute atomic E-state index is 0.0804. The Morgan fingerprint density at radius 1 is 1.15 bits per heavy atom. The van der Waals surface area contributed by atoms with Crippen LogP contribution < -0.4 is 0 Å². The molecule has 1 aromatic rings. The summed E-state index contributed by atoms with van der Waals surface area (Å²) in [4.78, 5) is 0. The van der Waals surface area contributed by atoms with Crippen LogP contribution in [0.1, 0.15) is 18.6 Å². The Kier molecular flexibility index (Phi) is 4.42. The van der Waals surface area contributed by atoms with Crippen LogP contribution >= 0.6 is 47.8 Å². The summed E-state index contributed by atoms with van der Waals surface area (Å²) in [6, 6.07) is 4.02. The molecule has 1 atom stereocenters. The Hall–Kier alpha value is 0.620. The molecule has 1 aromatic carbocycles. The van der Waals surface area contributed by atoms with E-state index >= 15 is 0 Å². The molecule has 1 rings (SSSR count). The monoisotopic (exact) mass is 370 g/mol. The molecule has 0 N–H and O–H groups in total. The third-order valence-electron chi connectivity index (χ3n) is 1.80. The Morgan fingerprint density at radius 3 is 2.00 bits per heavy atom. The summed E-state index contributed by atoms with van der Waals surface area (Å²) in [5.41, 5.74) is 1.13. The van der Waals surface area contributed by atoms with Gasteiger partial charge in [-0.2, -0.15) is 0 Å². The highest BCUT2D eigenvalue weighted by atomic mass is 79.9. The molecule has 0 saturated heterocycles. The smallest absolute Gasteiger partial charge is 0.0814 e. The fourth-order valence-electron chi connectivity index (χ4n) is 1.06. The molecule has 0 bridgehead atoms. The number of benzene rings is 1. The van der Waals surface area contributed by atoms with Crippen LogP contribution in [0.25, 0.3) is 0 Å². The first kappa shape index (κ1) is 11.7. The molecule has 1 nitrogen and oxygen atoms in total. The van der Waals surface area contributed by atoms with Gasteiger partial charge in [0.05, 0.1) is 6.10 Å². The van der Waals surface area contributed by atoms with Crippen molar-refractivity contribution in [3.63, 3.8) is 0 Å². The standard InChI is InChI=1S/C9H9Br3O/c1-5(13-2)9-7(11)3-6(10)4-8(9)12/h3-5H,1-2H3. The van der Waals surface area contributed by atoms with Gasteiger partial charge in [-0.3, -0.25) is 0 Å². The molecule has 0 fully saturated rings. The third kappa shape index (κ3) is 2.78. The van der Waals surface area contributed by atoms with Crippen molar-refractivity contribution in [2.24, 2.45) is 0 Å². The highest BCUT2D eigenvalue weighted by Crippen LogP contribution is 2.35. The van der Waals surface area contributed by atoms with Gasteiger partial charge in [-0.25, -0.2) is 0 Å². The fourth-order valence-corrected chi connectivity index (χ4v) is 3.96. The molecule has 0 aromatic heterocycles. The Morgan fingerprint density at radius 2 is 1.62 bits per heavy atom. The van der Waals surface area contributed by atoms with Crippen LogP contribution in [0, 0.1) is 0 Å². The number of halogens is 3. The zero-order valence-electron chi connectivity index (χ0n) is 7.27. The van der Waals surface area contributed by atoms with Crippen molar-refractivity contribution in [3.8, 4) is 0 Å². The highest BCUT2D eigenvalue weighted by molar-refractivity contribution is 9.11. The van der Waals surface area contributed by atoms with E-state index in [2.05, 4.69) is 47.8 Å². The van der Waals surface area contributed by atoms with Crippen molar-refractivity contribution in [1.82, 2.24) is 0 Å². The van der Waals surface area contributed by atoms with Crippen LogP contribution in [0.2, 0.25) is 0 Å². The van der Waals surface area contributed by atoms with E-state index in [1.807, 2.05) is 19.1 Å². The van der Waals surface area contributed by atoms with E-state index in [1.54, 1.807) is 7.11 Å². The van der Waals surface area contributed by atoms with Gasteiger partial charge in [-0.15, -0.1) is 0 Å². The van der Waals surface area contributed by atoms with E-state index in [-0.39, 0.29) is 6.10 Å². The van der Waals surface area contributed by atoms with Crippen molar-refractivity contribution in [1.29, 1.82) is 0 Å². The number of ether oxygens (including phenoxy) is 1. The molecule has 0 heterocycles. The van der Waals surface area contributed by atoms with Gasteiger partial charge in [0.2, 0.25) is 0 Å². The summed E-state index contributed by atoms with van der Waals surface area (Å²) < 4.78 is 8.39. The summed E-state index contributed by atoms with van der Waals surface area (Å²) in [6.07, 6.45) is 0.0804. The van der Waals surface area contributed by atoms with Crippen LogP contribution in [0.15, 0.2) is 25.6 Å². The summed E-state index contributed by atoms with van der Waals surface area (Å²) in [6.45, 7) is 2.01. The minimum atomic E-state index is 0.0804. The summed E-state index contributed by atoms with van der Waals surface area (Å²) in [5.74, 6) is 0. The SMILES string of the molecule is COC(C)c1c(Br)cc(Br)cc1Br. The van der Waals surface area contributed by atoms with Gasteiger partial charge in [0.15, 0.2) is 0 Å². The highest BCUT2D eigenvalue weighted by Gasteiger charge is 2.12. The molecule has 0 aliphatic rings. The molecular weight excluding hydrogens is 364 g/mol. The first-order chi connectivity index (χ1) is 6.06. The molecule has 0 aliphatic heterocycles. The number of methoxy groups -OCH3 is 1. The predicted octanol–water partition coefficient (Wildman–Crippen LogP) is 4.68.